The van der Waals surface area contributed by atoms with Gasteiger partial charge in [0.05, 0.1) is 13.0 Å². The number of halogens is 1. The standard InChI is InChI=1S/C17H18ClN3O3/c18-15-4-2-1-3-12(15)11-20-17(23)21-13-5-7-14(8-6-13)24-10-9-16(19)22/h1-8H,9-11H2,(H2,19,22)(H2,20,21,23). The first-order valence-electron chi connectivity index (χ1n) is 7.34. The minimum absolute atomic E-state index is 0.157. The summed E-state index contributed by atoms with van der Waals surface area (Å²) in [7, 11) is 0. The molecular weight excluding hydrogens is 330 g/mol. The fraction of sp³-hybridized carbons (Fsp3) is 0.176. The van der Waals surface area contributed by atoms with Crippen molar-refractivity contribution in [2.75, 3.05) is 11.9 Å². The first kappa shape index (κ1) is 17.6. The van der Waals surface area contributed by atoms with Gasteiger partial charge in [-0.25, -0.2) is 4.79 Å². The molecule has 7 heteroatoms. The molecule has 0 bridgehead atoms. The van der Waals surface area contributed by atoms with Gasteiger partial charge in [0.15, 0.2) is 0 Å². The SMILES string of the molecule is NC(=O)CCOc1ccc(NC(=O)NCc2ccccc2Cl)cc1. The van der Waals surface area contributed by atoms with E-state index in [1.807, 2.05) is 18.2 Å². The van der Waals surface area contributed by atoms with E-state index in [0.29, 0.717) is 23.0 Å². The number of carbonyl (C=O) groups excluding carboxylic acids is 2. The van der Waals surface area contributed by atoms with Crippen molar-refractivity contribution in [2.45, 2.75) is 13.0 Å². The summed E-state index contributed by atoms with van der Waals surface area (Å²) in [5.74, 6) is 0.182. The zero-order valence-corrected chi connectivity index (χ0v) is 13.7. The van der Waals surface area contributed by atoms with E-state index in [0.717, 1.165) is 5.56 Å². The quantitative estimate of drug-likeness (QED) is 0.718. The van der Waals surface area contributed by atoms with Crippen molar-refractivity contribution in [3.63, 3.8) is 0 Å². The highest BCUT2D eigenvalue weighted by molar-refractivity contribution is 6.31. The molecule has 0 aromatic heterocycles. The molecule has 0 unspecified atom stereocenters. The van der Waals surface area contributed by atoms with Crippen LogP contribution in [0.5, 0.6) is 5.75 Å². The van der Waals surface area contributed by atoms with Crippen LogP contribution in [0.15, 0.2) is 48.5 Å². The third-order valence-corrected chi connectivity index (χ3v) is 3.50. The van der Waals surface area contributed by atoms with E-state index in [-0.39, 0.29) is 19.1 Å². The maximum atomic E-state index is 11.9. The molecule has 0 fully saturated rings. The van der Waals surface area contributed by atoms with Crippen molar-refractivity contribution in [1.29, 1.82) is 0 Å². The van der Waals surface area contributed by atoms with Crippen molar-refractivity contribution in [3.05, 3.63) is 59.1 Å². The van der Waals surface area contributed by atoms with Crippen molar-refractivity contribution in [2.24, 2.45) is 5.73 Å². The molecule has 0 saturated heterocycles. The summed E-state index contributed by atoms with van der Waals surface area (Å²) in [6.45, 7) is 0.556. The molecule has 0 heterocycles. The highest BCUT2D eigenvalue weighted by Gasteiger charge is 2.04. The summed E-state index contributed by atoms with van der Waals surface area (Å²) in [6.07, 6.45) is 0.157. The van der Waals surface area contributed by atoms with Crippen LogP contribution in [-0.4, -0.2) is 18.5 Å². The minimum atomic E-state index is -0.413. The molecule has 3 amide bonds. The second-order valence-electron chi connectivity index (χ2n) is 4.99. The maximum Gasteiger partial charge on any atom is 0.319 e. The molecular formula is C17H18ClN3O3. The van der Waals surface area contributed by atoms with Crippen LogP contribution >= 0.6 is 11.6 Å². The highest BCUT2D eigenvalue weighted by Crippen LogP contribution is 2.16. The predicted molar refractivity (Wildman–Crippen MR) is 93.1 cm³/mol. The molecule has 126 valence electrons. The summed E-state index contributed by atoms with van der Waals surface area (Å²) in [6, 6.07) is 13.8. The molecule has 4 N–H and O–H groups in total. The number of carbonyl (C=O) groups is 2. The van der Waals surface area contributed by atoms with Gasteiger partial charge in [-0.1, -0.05) is 29.8 Å². The number of hydrogen-bond donors (Lipinski definition) is 3. The lowest BCUT2D eigenvalue weighted by Gasteiger charge is -2.10. The highest BCUT2D eigenvalue weighted by atomic mass is 35.5. The van der Waals surface area contributed by atoms with Crippen LogP contribution in [0.3, 0.4) is 0 Å². The summed E-state index contributed by atoms with van der Waals surface area (Å²) in [5.41, 5.74) is 6.49. The van der Waals surface area contributed by atoms with E-state index in [4.69, 9.17) is 22.1 Å². The third-order valence-electron chi connectivity index (χ3n) is 3.13. The van der Waals surface area contributed by atoms with E-state index in [1.54, 1.807) is 30.3 Å². The van der Waals surface area contributed by atoms with Crippen LogP contribution in [0.2, 0.25) is 5.02 Å². The average molecular weight is 348 g/mol. The molecule has 0 atom stereocenters. The number of amides is 3. The monoisotopic (exact) mass is 347 g/mol. The minimum Gasteiger partial charge on any atom is -0.493 e. The number of urea groups is 1. The Morgan fingerprint density at radius 2 is 1.79 bits per heavy atom. The van der Waals surface area contributed by atoms with Gasteiger partial charge >= 0.3 is 6.03 Å². The van der Waals surface area contributed by atoms with Gasteiger partial charge in [-0.05, 0) is 35.9 Å². The second kappa shape index (κ2) is 8.79. The molecule has 24 heavy (non-hydrogen) atoms. The van der Waals surface area contributed by atoms with Crippen molar-refractivity contribution in [3.8, 4) is 5.75 Å². The number of nitrogens with two attached hydrogens (primary N) is 1. The van der Waals surface area contributed by atoms with E-state index >= 15 is 0 Å². The fourth-order valence-electron chi connectivity index (χ4n) is 1.90. The van der Waals surface area contributed by atoms with E-state index < -0.39 is 5.91 Å². The summed E-state index contributed by atoms with van der Waals surface area (Å²) in [5, 5.41) is 6.05. The number of hydrogen-bond acceptors (Lipinski definition) is 3. The molecule has 2 aromatic carbocycles. The Hall–Kier alpha value is -2.73. The number of benzene rings is 2. The molecule has 2 rings (SSSR count). The van der Waals surface area contributed by atoms with Crippen LogP contribution in [0.4, 0.5) is 10.5 Å². The maximum absolute atomic E-state index is 11.9. The van der Waals surface area contributed by atoms with Gasteiger partial charge in [0.1, 0.15) is 5.75 Å². The molecule has 0 aliphatic heterocycles. The van der Waals surface area contributed by atoms with Gasteiger partial charge in [0, 0.05) is 17.3 Å². The number of ether oxygens (including phenoxy) is 1. The number of anilines is 1. The van der Waals surface area contributed by atoms with Gasteiger partial charge in [-0.3, -0.25) is 4.79 Å². The van der Waals surface area contributed by atoms with Gasteiger partial charge in [0.2, 0.25) is 5.91 Å². The molecule has 0 aliphatic rings. The Morgan fingerprint density at radius 1 is 1.08 bits per heavy atom. The van der Waals surface area contributed by atoms with Crippen LogP contribution in [0, 0.1) is 0 Å². The lowest BCUT2D eigenvalue weighted by atomic mass is 10.2. The van der Waals surface area contributed by atoms with Crippen molar-refractivity contribution in [1.82, 2.24) is 5.32 Å². The largest absolute Gasteiger partial charge is 0.493 e. The summed E-state index contributed by atoms with van der Waals surface area (Å²) < 4.78 is 5.35. The Kier molecular flexibility index (Phi) is 6.45. The predicted octanol–water partition coefficient (Wildman–Crippen LogP) is 2.92. The van der Waals surface area contributed by atoms with Crippen molar-refractivity contribution < 1.29 is 14.3 Å². The Bertz CT molecular complexity index is 704. The summed E-state index contributed by atoms with van der Waals surface area (Å²) >= 11 is 6.03. The number of primary amides is 1. The zero-order valence-electron chi connectivity index (χ0n) is 12.9. The molecule has 0 saturated carbocycles. The van der Waals surface area contributed by atoms with E-state index in [1.165, 1.54) is 0 Å². The van der Waals surface area contributed by atoms with Crippen LogP contribution in [-0.2, 0) is 11.3 Å². The average Bonchev–Trinajstić information content (AvgIpc) is 2.55. The Labute approximate surface area is 144 Å². The molecule has 6 nitrogen and oxygen atoms in total. The number of rotatable bonds is 7. The van der Waals surface area contributed by atoms with Crippen LogP contribution in [0.1, 0.15) is 12.0 Å². The lowest BCUT2D eigenvalue weighted by molar-refractivity contribution is -0.118. The first-order chi connectivity index (χ1) is 11.5. The Balaban J connectivity index is 1.79. The lowest BCUT2D eigenvalue weighted by Crippen LogP contribution is -2.28. The van der Waals surface area contributed by atoms with Gasteiger partial charge < -0.3 is 21.1 Å². The van der Waals surface area contributed by atoms with Crippen LogP contribution < -0.4 is 21.1 Å². The van der Waals surface area contributed by atoms with Gasteiger partial charge in [-0.2, -0.15) is 0 Å². The number of nitrogens with one attached hydrogen (secondary N) is 2. The second-order valence-corrected chi connectivity index (χ2v) is 5.40. The molecule has 0 aliphatic carbocycles. The smallest absolute Gasteiger partial charge is 0.319 e. The first-order valence-corrected chi connectivity index (χ1v) is 7.72. The van der Waals surface area contributed by atoms with E-state index in [9.17, 15) is 9.59 Å². The Morgan fingerprint density at radius 3 is 2.46 bits per heavy atom. The normalized spacial score (nSPS) is 10.0. The van der Waals surface area contributed by atoms with Gasteiger partial charge in [0.25, 0.3) is 0 Å². The molecule has 0 spiro atoms. The molecule has 0 radical (unpaired) electrons. The molecule has 2 aromatic rings. The topological polar surface area (TPSA) is 93.5 Å². The third kappa shape index (κ3) is 5.81. The summed E-state index contributed by atoms with van der Waals surface area (Å²) in [4.78, 5) is 22.5. The van der Waals surface area contributed by atoms with Gasteiger partial charge in [-0.15, -0.1) is 0 Å². The zero-order chi connectivity index (χ0) is 17.4. The van der Waals surface area contributed by atoms with Crippen LogP contribution in [0.25, 0.3) is 0 Å². The van der Waals surface area contributed by atoms with Crippen molar-refractivity contribution >= 4 is 29.2 Å². The van der Waals surface area contributed by atoms with E-state index in [2.05, 4.69) is 10.6 Å². The fourth-order valence-corrected chi connectivity index (χ4v) is 2.10.